The minimum atomic E-state index is -0.691. The summed E-state index contributed by atoms with van der Waals surface area (Å²) < 4.78 is 6.03. The first-order valence-electron chi connectivity index (χ1n) is 20.7. The molecule has 0 aromatic heterocycles. The molecule has 1 atom stereocenters. The highest BCUT2D eigenvalue weighted by Gasteiger charge is 2.14. The average Bonchev–Trinajstić information content (AvgIpc) is 3.04. The molecule has 4 nitrogen and oxygen atoms in total. The summed E-state index contributed by atoms with van der Waals surface area (Å²) >= 11 is 0. The van der Waals surface area contributed by atoms with Gasteiger partial charge < -0.3 is 9.84 Å². The number of carbonyl (C=O) groups is 2. The highest BCUT2D eigenvalue weighted by molar-refractivity contribution is 5.69. The molecule has 0 fully saturated rings. The Bertz CT molecular complexity index is 658. The molecule has 0 rings (SSSR count). The van der Waals surface area contributed by atoms with Crippen LogP contribution in [-0.4, -0.2) is 23.1 Å². The number of carboxylic acids is 1. The minimum Gasteiger partial charge on any atom is -0.481 e. The molecule has 1 unspecified atom stereocenters. The van der Waals surface area contributed by atoms with Gasteiger partial charge in [-0.15, -0.1) is 0 Å². The van der Waals surface area contributed by atoms with Crippen molar-refractivity contribution in [3.05, 3.63) is 12.2 Å². The van der Waals surface area contributed by atoms with Crippen LogP contribution in [0.4, 0.5) is 0 Å². The van der Waals surface area contributed by atoms with Crippen molar-refractivity contribution in [1.29, 1.82) is 0 Å². The lowest BCUT2D eigenvalue weighted by Gasteiger charge is -2.18. The van der Waals surface area contributed by atoms with E-state index in [4.69, 9.17) is 9.84 Å². The molecule has 1 N–H and O–H groups in total. The summed E-state index contributed by atoms with van der Waals surface area (Å²) in [6.45, 7) is 4.55. The first kappa shape index (κ1) is 44.7. The number of hydrogen-bond donors (Lipinski definition) is 1. The van der Waals surface area contributed by atoms with Crippen molar-refractivity contribution in [2.24, 2.45) is 0 Å². The normalized spacial score (nSPS) is 12.2. The van der Waals surface area contributed by atoms with Crippen LogP contribution in [0.15, 0.2) is 12.2 Å². The smallest absolute Gasteiger partial charge is 0.306 e. The molecule has 0 aromatic carbocycles. The fourth-order valence-electron chi connectivity index (χ4n) is 6.42. The molecule has 0 aromatic rings. The zero-order valence-electron chi connectivity index (χ0n) is 31.2. The van der Waals surface area contributed by atoms with Crippen LogP contribution >= 0.6 is 0 Å². The Morgan fingerprint density at radius 3 is 1.17 bits per heavy atom. The van der Waals surface area contributed by atoms with Gasteiger partial charge in [0, 0.05) is 12.8 Å². The number of carbonyl (C=O) groups excluding carboxylic acids is 1. The number of esters is 1. The Labute approximate surface area is 287 Å². The summed E-state index contributed by atoms with van der Waals surface area (Å²) in [6, 6.07) is 0. The molecule has 0 bridgehead atoms. The maximum atomic E-state index is 12.7. The molecule has 0 saturated heterocycles. The Kier molecular flexibility index (Phi) is 37.0. The van der Waals surface area contributed by atoms with Crippen LogP contribution < -0.4 is 0 Å². The second-order valence-corrected chi connectivity index (χ2v) is 14.2. The van der Waals surface area contributed by atoms with Gasteiger partial charge in [-0.25, -0.2) is 0 Å². The Morgan fingerprint density at radius 1 is 0.457 bits per heavy atom. The van der Waals surface area contributed by atoms with Crippen molar-refractivity contribution in [3.8, 4) is 0 Å². The second-order valence-electron chi connectivity index (χ2n) is 14.2. The van der Waals surface area contributed by atoms with E-state index in [1.807, 2.05) is 0 Å². The standard InChI is InChI=1S/C42H80O4/c1-3-5-7-9-11-13-15-17-18-19-21-23-25-31-35-39-42(45)46-40(37-33-29-26-27-30-34-38-41(43)44)36-32-28-24-22-20-16-14-12-10-8-6-4-2/h17-18,40H,3-16,19-39H2,1-2H3,(H,43,44)/b18-17-. The summed E-state index contributed by atoms with van der Waals surface area (Å²) in [5.41, 5.74) is 0. The van der Waals surface area contributed by atoms with Crippen molar-refractivity contribution in [2.45, 2.75) is 245 Å². The number of aliphatic carboxylic acids is 1. The fraction of sp³-hybridized carbons (Fsp3) is 0.905. The van der Waals surface area contributed by atoms with Gasteiger partial charge in [-0.2, -0.15) is 0 Å². The Balaban J connectivity index is 4.04. The molecular formula is C42H80O4. The van der Waals surface area contributed by atoms with Crippen LogP contribution in [0.3, 0.4) is 0 Å². The maximum absolute atomic E-state index is 12.7. The summed E-state index contributed by atoms with van der Waals surface area (Å²) in [7, 11) is 0. The van der Waals surface area contributed by atoms with E-state index in [1.54, 1.807) is 0 Å². The van der Waals surface area contributed by atoms with Gasteiger partial charge in [0.15, 0.2) is 0 Å². The van der Waals surface area contributed by atoms with E-state index in [2.05, 4.69) is 26.0 Å². The summed E-state index contributed by atoms with van der Waals surface area (Å²) in [6.07, 6.45) is 46.6. The summed E-state index contributed by atoms with van der Waals surface area (Å²) in [4.78, 5) is 23.4. The highest BCUT2D eigenvalue weighted by Crippen LogP contribution is 2.19. The number of unbranched alkanes of at least 4 members (excludes halogenated alkanes) is 27. The van der Waals surface area contributed by atoms with E-state index in [1.165, 1.54) is 141 Å². The Morgan fingerprint density at radius 2 is 0.783 bits per heavy atom. The summed E-state index contributed by atoms with van der Waals surface area (Å²) in [5, 5.41) is 8.79. The third-order valence-corrected chi connectivity index (χ3v) is 9.49. The molecule has 4 heteroatoms. The van der Waals surface area contributed by atoms with Crippen molar-refractivity contribution >= 4 is 11.9 Å². The molecule has 46 heavy (non-hydrogen) atoms. The molecule has 0 radical (unpaired) electrons. The van der Waals surface area contributed by atoms with E-state index in [0.717, 1.165) is 70.6 Å². The number of rotatable bonds is 38. The van der Waals surface area contributed by atoms with E-state index < -0.39 is 5.97 Å². The van der Waals surface area contributed by atoms with Crippen LogP contribution in [0.1, 0.15) is 239 Å². The first-order chi connectivity index (χ1) is 22.6. The van der Waals surface area contributed by atoms with Gasteiger partial charge in [0.1, 0.15) is 6.10 Å². The van der Waals surface area contributed by atoms with Gasteiger partial charge in [-0.3, -0.25) is 9.59 Å². The quantitative estimate of drug-likeness (QED) is 0.0411. The molecule has 272 valence electrons. The van der Waals surface area contributed by atoms with Crippen LogP contribution in [-0.2, 0) is 14.3 Å². The average molecular weight is 649 g/mol. The molecule has 0 heterocycles. The van der Waals surface area contributed by atoms with Gasteiger partial charge in [0.05, 0.1) is 0 Å². The van der Waals surface area contributed by atoms with E-state index in [0.29, 0.717) is 6.42 Å². The van der Waals surface area contributed by atoms with Crippen molar-refractivity contribution in [2.75, 3.05) is 0 Å². The number of hydrogen-bond acceptors (Lipinski definition) is 3. The van der Waals surface area contributed by atoms with Crippen LogP contribution in [0.5, 0.6) is 0 Å². The van der Waals surface area contributed by atoms with Gasteiger partial charge in [-0.1, -0.05) is 174 Å². The highest BCUT2D eigenvalue weighted by atomic mass is 16.5. The van der Waals surface area contributed by atoms with Gasteiger partial charge in [0.25, 0.3) is 0 Å². The van der Waals surface area contributed by atoms with E-state index >= 15 is 0 Å². The Hall–Kier alpha value is -1.32. The van der Waals surface area contributed by atoms with E-state index in [9.17, 15) is 9.59 Å². The summed E-state index contributed by atoms with van der Waals surface area (Å²) in [5.74, 6) is -0.681. The number of allylic oxidation sites excluding steroid dienone is 2. The SMILES string of the molecule is CCCCCCCC/C=C\CCCCCCCC(=O)OC(CCCCCCCCCCCCCC)CCCCCCCCC(=O)O. The minimum absolute atomic E-state index is 0.00948. The van der Waals surface area contributed by atoms with Crippen LogP contribution in [0, 0.1) is 0 Å². The van der Waals surface area contributed by atoms with Gasteiger partial charge >= 0.3 is 11.9 Å². The molecule has 0 aliphatic rings. The zero-order chi connectivity index (χ0) is 33.6. The molecular weight excluding hydrogens is 568 g/mol. The zero-order valence-corrected chi connectivity index (χ0v) is 31.2. The molecule has 0 aliphatic carbocycles. The van der Waals surface area contributed by atoms with Crippen molar-refractivity contribution < 1.29 is 19.4 Å². The monoisotopic (exact) mass is 649 g/mol. The van der Waals surface area contributed by atoms with Crippen LogP contribution in [0.2, 0.25) is 0 Å². The van der Waals surface area contributed by atoms with Crippen LogP contribution in [0.25, 0.3) is 0 Å². The molecule has 0 saturated carbocycles. The van der Waals surface area contributed by atoms with E-state index in [-0.39, 0.29) is 18.5 Å². The fourth-order valence-corrected chi connectivity index (χ4v) is 6.42. The lowest BCUT2D eigenvalue weighted by atomic mass is 10.0. The largest absolute Gasteiger partial charge is 0.481 e. The third-order valence-electron chi connectivity index (χ3n) is 9.49. The first-order valence-corrected chi connectivity index (χ1v) is 20.7. The third kappa shape index (κ3) is 37.1. The molecule has 0 spiro atoms. The van der Waals surface area contributed by atoms with Gasteiger partial charge in [-0.05, 0) is 64.2 Å². The topological polar surface area (TPSA) is 63.6 Å². The van der Waals surface area contributed by atoms with Gasteiger partial charge in [0.2, 0.25) is 0 Å². The molecule has 0 amide bonds. The van der Waals surface area contributed by atoms with Crippen molar-refractivity contribution in [3.63, 3.8) is 0 Å². The predicted molar refractivity (Wildman–Crippen MR) is 200 cm³/mol. The maximum Gasteiger partial charge on any atom is 0.306 e. The number of ether oxygens (including phenoxy) is 1. The predicted octanol–water partition coefficient (Wildman–Crippen LogP) is 14.2. The molecule has 0 aliphatic heterocycles. The lowest BCUT2D eigenvalue weighted by molar-refractivity contribution is -0.150. The lowest BCUT2D eigenvalue weighted by Crippen LogP contribution is -2.18. The van der Waals surface area contributed by atoms with Crippen molar-refractivity contribution in [1.82, 2.24) is 0 Å². The number of carboxylic acid groups (broad SMARTS) is 1. The second kappa shape index (κ2) is 38.1.